The van der Waals surface area contributed by atoms with E-state index in [0.717, 1.165) is 17.8 Å². The van der Waals surface area contributed by atoms with E-state index in [4.69, 9.17) is 0 Å². The van der Waals surface area contributed by atoms with Gasteiger partial charge in [0, 0.05) is 37.4 Å². The van der Waals surface area contributed by atoms with Crippen molar-refractivity contribution in [2.75, 3.05) is 27.7 Å². The second-order valence-electron chi connectivity index (χ2n) is 6.20. The van der Waals surface area contributed by atoms with Gasteiger partial charge in [-0.2, -0.15) is 0 Å². The van der Waals surface area contributed by atoms with E-state index >= 15 is 0 Å². The first-order chi connectivity index (χ1) is 12.3. The molecule has 0 saturated heterocycles. The van der Waals surface area contributed by atoms with Crippen LogP contribution in [0.2, 0.25) is 0 Å². The van der Waals surface area contributed by atoms with E-state index < -0.39 is 10.0 Å². The number of nitrogens with zero attached hydrogens (tertiary/aromatic N) is 2. The Balaban J connectivity index is 1.83. The van der Waals surface area contributed by atoms with Gasteiger partial charge in [-0.1, -0.05) is 13.0 Å². The summed E-state index contributed by atoms with van der Waals surface area (Å²) in [5.74, 6) is 1.21. The Morgan fingerprint density at radius 3 is 2.62 bits per heavy atom. The first kappa shape index (κ1) is 20.9. The number of guanidine groups is 1. The third kappa shape index (κ3) is 5.80. The molecule has 2 rings (SSSR count). The molecule has 1 unspecified atom stereocenters. The Morgan fingerprint density at radius 1 is 1.23 bits per heavy atom. The lowest BCUT2D eigenvalue weighted by Crippen LogP contribution is -2.39. The number of sulfonamides is 1. The standard InChI is InChI=1S/C17H26N4O2S3/c1-13(10-14-6-5-9-24-14)11-19-17(18-2)20-12-15-7-8-16(25-15)26(22,23)21(3)4/h5-9,13H,10-12H2,1-4H3,(H2,18,19,20). The Labute approximate surface area is 164 Å². The maximum atomic E-state index is 12.1. The molecule has 144 valence electrons. The molecule has 0 saturated carbocycles. The van der Waals surface area contributed by atoms with Gasteiger partial charge in [-0.15, -0.1) is 22.7 Å². The molecule has 0 spiro atoms. The predicted octanol–water partition coefficient (Wildman–Crippen LogP) is 2.60. The van der Waals surface area contributed by atoms with Crippen molar-refractivity contribution in [3.05, 3.63) is 39.4 Å². The van der Waals surface area contributed by atoms with Crippen LogP contribution in [0.15, 0.2) is 38.8 Å². The van der Waals surface area contributed by atoms with Crippen molar-refractivity contribution in [1.29, 1.82) is 0 Å². The Kier molecular flexibility index (Phi) is 7.63. The molecule has 2 aromatic heterocycles. The van der Waals surface area contributed by atoms with E-state index in [9.17, 15) is 8.42 Å². The zero-order valence-corrected chi connectivity index (χ0v) is 18.0. The minimum atomic E-state index is -3.37. The summed E-state index contributed by atoms with van der Waals surface area (Å²) in [6, 6.07) is 7.72. The second-order valence-corrected chi connectivity index (χ2v) is 10.8. The molecule has 0 amide bonds. The molecule has 0 aromatic carbocycles. The average molecular weight is 415 g/mol. The molecule has 2 heterocycles. The van der Waals surface area contributed by atoms with Gasteiger partial charge in [0.25, 0.3) is 10.0 Å². The molecule has 0 radical (unpaired) electrons. The monoisotopic (exact) mass is 414 g/mol. The van der Waals surface area contributed by atoms with Crippen LogP contribution in [0, 0.1) is 5.92 Å². The highest BCUT2D eigenvalue weighted by Gasteiger charge is 2.19. The van der Waals surface area contributed by atoms with Crippen molar-refractivity contribution in [1.82, 2.24) is 14.9 Å². The number of rotatable bonds is 8. The van der Waals surface area contributed by atoms with Gasteiger partial charge in [0.1, 0.15) is 4.21 Å². The zero-order valence-electron chi connectivity index (χ0n) is 15.5. The number of thiophene rings is 2. The lowest BCUT2D eigenvalue weighted by molar-refractivity contribution is 0.523. The van der Waals surface area contributed by atoms with Crippen LogP contribution < -0.4 is 10.6 Å². The number of hydrogen-bond acceptors (Lipinski definition) is 5. The summed E-state index contributed by atoms with van der Waals surface area (Å²) in [7, 11) is 1.44. The van der Waals surface area contributed by atoms with Gasteiger partial charge in [-0.3, -0.25) is 4.99 Å². The quantitative estimate of drug-likeness (QED) is 0.514. The molecule has 26 heavy (non-hydrogen) atoms. The smallest absolute Gasteiger partial charge is 0.252 e. The van der Waals surface area contributed by atoms with Crippen molar-refractivity contribution >= 4 is 38.7 Å². The molecule has 2 N–H and O–H groups in total. The number of nitrogens with one attached hydrogen (secondary N) is 2. The molecular weight excluding hydrogens is 388 g/mol. The van der Waals surface area contributed by atoms with Gasteiger partial charge in [0.2, 0.25) is 0 Å². The average Bonchev–Trinajstić information content (AvgIpc) is 3.26. The number of hydrogen-bond donors (Lipinski definition) is 2. The van der Waals surface area contributed by atoms with E-state index in [0.29, 0.717) is 22.6 Å². The van der Waals surface area contributed by atoms with Crippen molar-refractivity contribution in [2.45, 2.75) is 24.1 Å². The van der Waals surface area contributed by atoms with E-state index in [1.165, 1.54) is 34.6 Å². The van der Waals surface area contributed by atoms with Crippen LogP contribution in [-0.4, -0.2) is 46.4 Å². The summed E-state index contributed by atoms with van der Waals surface area (Å²) >= 11 is 3.05. The zero-order chi connectivity index (χ0) is 19.2. The SMILES string of the molecule is CN=C(NCc1ccc(S(=O)(=O)N(C)C)s1)NCC(C)Cc1cccs1. The largest absolute Gasteiger partial charge is 0.356 e. The summed E-state index contributed by atoms with van der Waals surface area (Å²) in [5, 5.41) is 8.67. The summed E-state index contributed by atoms with van der Waals surface area (Å²) in [6.45, 7) is 3.56. The fourth-order valence-electron chi connectivity index (χ4n) is 2.28. The topological polar surface area (TPSA) is 73.8 Å². The van der Waals surface area contributed by atoms with Gasteiger partial charge in [0.05, 0.1) is 6.54 Å². The minimum absolute atomic E-state index is 0.354. The van der Waals surface area contributed by atoms with Crippen molar-refractivity contribution in [3.63, 3.8) is 0 Å². The fourth-order valence-corrected chi connectivity index (χ4v) is 5.61. The number of aliphatic imine (C=N–C) groups is 1. The molecule has 6 nitrogen and oxygen atoms in total. The molecule has 9 heteroatoms. The van der Waals surface area contributed by atoms with Gasteiger partial charge in [-0.25, -0.2) is 12.7 Å². The Morgan fingerprint density at radius 2 is 2.00 bits per heavy atom. The van der Waals surface area contributed by atoms with Crippen molar-refractivity contribution in [2.24, 2.45) is 10.9 Å². The first-order valence-electron chi connectivity index (χ1n) is 8.31. The first-order valence-corrected chi connectivity index (χ1v) is 11.4. The third-order valence-corrected chi connectivity index (χ3v) is 8.04. The van der Waals surface area contributed by atoms with Crippen LogP contribution >= 0.6 is 22.7 Å². The van der Waals surface area contributed by atoms with Gasteiger partial charge >= 0.3 is 0 Å². The van der Waals surface area contributed by atoms with Crippen LogP contribution in [-0.2, 0) is 23.0 Å². The lowest BCUT2D eigenvalue weighted by atomic mass is 10.1. The van der Waals surface area contributed by atoms with Crippen LogP contribution in [0.25, 0.3) is 0 Å². The second kappa shape index (κ2) is 9.50. The molecule has 1 atom stereocenters. The molecular formula is C17H26N4O2S3. The van der Waals surface area contributed by atoms with Gasteiger partial charge in [0.15, 0.2) is 5.96 Å². The molecule has 0 bridgehead atoms. The van der Waals surface area contributed by atoms with E-state index in [1.807, 2.05) is 6.07 Å². The summed E-state index contributed by atoms with van der Waals surface area (Å²) < 4.78 is 25.8. The summed E-state index contributed by atoms with van der Waals surface area (Å²) in [5.41, 5.74) is 0. The van der Waals surface area contributed by atoms with Crippen LogP contribution in [0.4, 0.5) is 0 Å². The van der Waals surface area contributed by atoms with Gasteiger partial charge in [-0.05, 0) is 35.9 Å². The molecule has 0 aliphatic carbocycles. The van der Waals surface area contributed by atoms with Crippen molar-refractivity contribution in [3.8, 4) is 0 Å². The highest BCUT2D eigenvalue weighted by Crippen LogP contribution is 2.23. The maximum Gasteiger partial charge on any atom is 0.252 e. The molecule has 0 aliphatic rings. The fraction of sp³-hybridized carbons (Fsp3) is 0.471. The third-order valence-electron chi connectivity index (χ3n) is 3.77. The lowest BCUT2D eigenvalue weighted by Gasteiger charge is -2.15. The summed E-state index contributed by atoms with van der Waals surface area (Å²) in [4.78, 5) is 6.56. The van der Waals surface area contributed by atoms with Crippen LogP contribution in [0.5, 0.6) is 0 Å². The highest BCUT2D eigenvalue weighted by molar-refractivity contribution is 7.91. The predicted molar refractivity (Wildman–Crippen MR) is 111 cm³/mol. The normalized spacial score (nSPS) is 13.8. The van der Waals surface area contributed by atoms with E-state index in [2.05, 4.69) is 40.1 Å². The summed E-state index contributed by atoms with van der Waals surface area (Å²) in [6.07, 6.45) is 1.04. The van der Waals surface area contributed by atoms with Crippen LogP contribution in [0.3, 0.4) is 0 Å². The van der Waals surface area contributed by atoms with E-state index in [-0.39, 0.29) is 0 Å². The maximum absolute atomic E-state index is 12.1. The molecule has 0 fully saturated rings. The van der Waals surface area contributed by atoms with Gasteiger partial charge < -0.3 is 10.6 Å². The van der Waals surface area contributed by atoms with E-state index in [1.54, 1.807) is 24.5 Å². The Bertz CT molecular complexity index is 811. The molecule has 0 aliphatic heterocycles. The molecule has 2 aromatic rings. The van der Waals surface area contributed by atoms with Crippen LogP contribution in [0.1, 0.15) is 16.7 Å². The van der Waals surface area contributed by atoms with Crippen molar-refractivity contribution < 1.29 is 8.42 Å². The minimum Gasteiger partial charge on any atom is -0.356 e. The Hall–Kier alpha value is -1.42. The highest BCUT2D eigenvalue weighted by atomic mass is 32.2.